The lowest BCUT2D eigenvalue weighted by molar-refractivity contribution is -0.153. The van der Waals surface area contributed by atoms with Gasteiger partial charge in [-0.2, -0.15) is 0 Å². The molecular formula is C11H24N2O2. The number of hydrogen-bond donors (Lipinski definition) is 3. The van der Waals surface area contributed by atoms with E-state index in [-0.39, 0.29) is 5.54 Å². The molecule has 0 aliphatic heterocycles. The first-order chi connectivity index (χ1) is 6.46. The third kappa shape index (κ3) is 3.18. The van der Waals surface area contributed by atoms with Crippen molar-refractivity contribution in [1.29, 1.82) is 0 Å². The maximum absolute atomic E-state index is 11.5. The van der Waals surface area contributed by atoms with Crippen LogP contribution in [-0.2, 0) is 4.79 Å². The molecule has 4 heteroatoms. The predicted octanol–water partition coefficient (Wildman–Crippen LogP) is 1.42. The molecule has 1 unspecified atom stereocenters. The molecule has 0 radical (unpaired) electrons. The Morgan fingerprint density at radius 1 is 1.07 bits per heavy atom. The van der Waals surface area contributed by atoms with Crippen LogP contribution in [0.1, 0.15) is 41.5 Å². The lowest BCUT2D eigenvalue weighted by Gasteiger charge is -2.45. The highest BCUT2D eigenvalue weighted by atomic mass is 16.4. The lowest BCUT2D eigenvalue weighted by atomic mass is 9.78. The summed E-state index contributed by atoms with van der Waals surface area (Å²) < 4.78 is 0. The smallest absolute Gasteiger partial charge is 0.339 e. The van der Waals surface area contributed by atoms with Crippen LogP contribution in [0.25, 0.3) is 0 Å². The van der Waals surface area contributed by atoms with E-state index in [1.165, 1.54) is 0 Å². The Labute approximate surface area is 92.4 Å². The van der Waals surface area contributed by atoms with Crippen LogP contribution in [0.4, 0.5) is 0 Å². The summed E-state index contributed by atoms with van der Waals surface area (Å²) in [4.78, 5) is 11.5. The van der Waals surface area contributed by atoms with Crippen molar-refractivity contribution in [3.63, 3.8) is 0 Å². The van der Waals surface area contributed by atoms with Gasteiger partial charge >= 0.3 is 5.97 Å². The molecule has 0 aliphatic rings. The van der Waals surface area contributed by atoms with Gasteiger partial charge in [-0.05, 0) is 27.8 Å². The van der Waals surface area contributed by atoms with Gasteiger partial charge in [-0.1, -0.05) is 20.8 Å². The monoisotopic (exact) mass is 216 g/mol. The van der Waals surface area contributed by atoms with Gasteiger partial charge in [0.25, 0.3) is 0 Å². The van der Waals surface area contributed by atoms with Crippen LogP contribution in [0.2, 0.25) is 0 Å². The Balaban J connectivity index is 5.29. The quantitative estimate of drug-likeness (QED) is 0.624. The number of likely N-dealkylation sites (N-methyl/N-ethyl adjacent to an activating group) is 1. The van der Waals surface area contributed by atoms with Crippen LogP contribution < -0.4 is 10.6 Å². The fourth-order valence-electron chi connectivity index (χ4n) is 1.67. The van der Waals surface area contributed by atoms with E-state index in [0.29, 0.717) is 0 Å². The molecule has 3 N–H and O–H groups in total. The van der Waals surface area contributed by atoms with Gasteiger partial charge in [0.1, 0.15) is 0 Å². The van der Waals surface area contributed by atoms with Gasteiger partial charge in [0.15, 0.2) is 5.66 Å². The largest absolute Gasteiger partial charge is 0.479 e. The molecule has 90 valence electrons. The summed E-state index contributed by atoms with van der Waals surface area (Å²) in [6.45, 7) is 11.6. The van der Waals surface area contributed by atoms with Crippen molar-refractivity contribution in [2.24, 2.45) is 5.41 Å². The number of carboxylic acid groups (broad SMARTS) is 1. The normalized spacial score (nSPS) is 17.3. The van der Waals surface area contributed by atoms with Crippen molar-refractivity contribution < 1.29 is 9.90 Å². The molecule has 0 rings (SSSR count). The summed E-state index contributed by atoms with van der Waals surface area (Å²) in [6, 6.07) is 0. The molecule has 0 amide bonds. The molecule has 0 aromatic heterocycles. The highest BCUT2D eigenvalue weighted by molar-refractivity contribution is 5.79. The molecule has 0 aromatic carbocycles. The Kier molecular flexibility index (Phi) is 3.93. The predicted molar refractivity (Wildman–Crippen MR) is 61.8 cm³/mol. The van der Waals surface area contributed by atoms with E-state index in [4.69, 9.17) is 0 Å². The van der Waals surface area contributed by atoms with E-state index in [1.807, 2.05) is 41.5 Å². The fraction of sp³-hybridized carbons (Fsp3) is 0.909. The molecule has 0 bridgehead atoms. The summed E-state index contributed by atoms with van der Waals surface area (Å²) in [7, 11) is 1.66. The molecule has 0 spiro atoms. The zero-order valence-corrected chi connectivity index (χ0v) is 10.9. The number of aliphatic carboxylic acids is 1. The van der Waals surface area contributed by atoms with Gasteiger partial charge in [-0.3, -0.25) is 10.6 Å². The summed E-state index contributed by atoms with van der Waals surface area (Å²) in [6.07, 6.45) is 0. The second-order valence-electron chi connectivity index (χ2n) is 5.93. The lowest BCUT2D eigenvalue weighted by Crippen LogP contribution is -2.72. The molecule has 0 fully saturated rings. The maximum Gasteiger partial charge on any atom is 0.339 e. The maximum atomic E-state index is 11.5. The number of hydrogen-bond acceptors (Lipinski definition) is 3. The summed E-state index contributed by atoms with van der Waals surface area (Å²) >= 11 is 0. The van der Waals surface area contributed by atoms with Crippen LogP contribution in [0.5, 0.6) is 0 Å². The molecule has 1 atom stereocenters. The van der Waals surface area contributed by atoms with Gasteiger partial charge < -0.3 is 5.11 Å². The first-order valence-electron chi connectivity index (χ1n) is 5.18. The first kappa shape index (κ1) is 14.4. The molecule has 0 saturated heterocycles. The molecule has 0 heterocycles. The third-order valence-electron chi connectivity index (χ3n) is 2.38. The van der Waals surface area contributed by atoms with E-state index in [1.54, 1.807) is 7.05 Å². The Bertz CT molecular complexity index is 238. The summed E-state index contributed by atoms with van der Waals surface area (Å²) in [5.41, 5.74) is -1.82. The molecular weight excluding hydrogens is 192 g/mol. The molecule has 4 nitrogen and oxygen atoms in total. The number of nitrogens with one attached hydrogen (secondary N) is 2. The van der Waals surface area contributed by atoms with Gasteiger partial charge in [0.05, 0.1) is 0 Å². The first-order valence-corrected chi connectivity index (χ1v) is 5.18. The number of rotatable bonds is 3. The minimum Gasteiger partial charge on any atom is -0.479 e. The fourth-order valence-corrected chi connectivity index (χ4v) is 1.67. The second-order valence-corrected chi connectivity index (χ2v) is 5.93. The minimum atomic E-state index is -1.12. The standard InChI is InChI=1S/C11H24N2O2/c1-9(2,3)11(12-7,8(14)15)13-10(4,5)6/h12-13H,1-7H3,(H,14,15). The van der Waals surface area contributed by atoms with E-state index >= 15 is 0 Å². The zero-order chi connectivity index (χ0) is 12.5. The van der Waals surface area contributed by atoms with Crippen LogP contribution in [0, 0.1) is 5.41 Å². The van der Waals surface area contributed by atoms with Gasteiger partial charge in [-0.15, -0.1) is 0 Å². The molecule has 15 heavy (non-hydrogen) atoms. The van der Waals surface area contributed by atoms with E-state index in [0.717, 1.165) is 0 Å². The summed E-state index contributed by atoms with van der Waals surface area (Å²) in [5, 5.41) is 15.4. The minimum absolute atomic E-state index is 0.269. The average molecular weight is 216 g/mol. The number of carboxylic acids is 1. The van der Waals surface area contributed by atoms with Crippen molar-refractivity contribution in [2.75, 3.05) is 7.05 Å². The second kappa shape index (κ2) is 4.10. The van der Waals surface area contributed by atoms with Gasteiger partial charge in [0, 0.05) is 11.0 Å². The van der Waals surface area contributed by atoms with E-state index < -0.39 is 17.0 Å². The third-order valence-corrected chi connectivity index (χ3v) is 2.38. The molecule has 0 saturated carbocycles. The molecule has 0 aliphatic carbocycles. The van der Waals surface area contributed by atoms with Gasteiger partial charge in [0.2, 0.25) is 0 Å². The van der Waals surface area contributed by atoms with Crippen molar-refractivity contribution in [1.82, 2.24) is 10.6 Å². The van der Waals surface area contributed by atoms with Gasteiger partial charge in [-0.25, -0.2) is 4.79 Å². The summed E-state index contributed by atoms with van der Waals surface area (Å²) in [5.74, 6) is -0.882. The molecule has 0 aromatic rings. The highest BCUT2D eigenvalue weighted by Crippen LogP contribution is 2.30. The van der Waals surface area contributed by atoms with Crippen LogP contribution in [0.15, 0.2) is 0 Å². The van der Waals surface area contributed by atoms with Crippen LogP contribution in [0.3, 0.4) is 0 Å². The van der Waals surface area contributed by atoms with E-state index in [9.17, 15) is 9.90 Å². The Morgan fingerprint density at radius 3 is 1.53 bits per heavy atom. The van der Waals surface area contributed by atoms with Crippen molar-refractivity contribution >= 4 is 5.97 Å². The SMILES string of the molecule is CNC(NC(C)(C)C)(C(=O)O)C(C)(C)C. The Hall–Kier alpha value is -0.610. The zero-order valence-electron chi connectivity index (χ0n) is 10.9. The van der Waals surface area contributed by atoms with Crippen LogP contribution in [-0.4, -0.2) is 29.3 Å². The van der Waals surface area contributed by atoms with Crippen LogP contribution >= 0.6 is 0 Å². The van der Waals surface area contributed by atoms with E-state index in [2.05, 4.69) is 10.6 Å². The Morgan fingerprint density at radius 2 is 1.47 bits per heavy atom. The number of carbonyl (C=O) groups is 1. The highest BCUT2D eigenvalue weighted by Gasteiger charge is 2.49. The van der Waals surface area contributed by atoms with Crippen molar-refractivity contribution in [2.45, 2.75) is 52.7 Å². The van der Waals surface area contributed by atoms with Crippen molar-refractivity contribution in [3.8, 4) is 0 Å². The average Bonchev–Trinajstić information content (AvgIpc) is 1.95. The topological polar surface area (TPSA) is 61.4 Å². The van der Waals surface area contributed by atoms with Crippen molar-refractivity contribution in [3.05, 3.63) is 0 Å².